The van der Waals surface area contributed by atoms with Gasteiger partial charge in [-0.1, -0.05) is 35.9 Å². The SMILES string of the molecule is Oc1ccc(C2CC(c3ccc(Cl)cc3)=NN2)c2cccnc12. The zero-order valence-corrected chi connectivity index (χ0v) is 13.0. The third-order valence-corrected chi connectivity index (χ3v) is 4.34. The lowest BCUT2D eigenvalue weighted by molar-refractivity contribution is 0.480. The van der Waals surface area contributed by atoms with Crippen LogP contribution in [0.3, 0.4) is 0 Å². The molecule has 1 aromatic heterocycles. The van der Waals surface area contributed by atoms with Gasteiger partial charge in [-0.25, -0.2) is 0 Å². The number of benzene rings is 2. The number of pyridine rings is 1. The predicted molar refractivity (Wildman–Crippen MR) is 91.9 cm³/mol. The largest absolute Gasteiger partial charge is 0.506 e. The Bertz CT molecular complexity index is 906. The molecule has 1 unspecified atom stereocenters. The summed E-state index contributed by atoms with van der Waals surface area (Å²) in [5, 5.41) is 16.1. The van der Waals surface area contributed by atoms with Gasteiger partial charge in [-0.2, -0.15) is 5.10 Å². The second kappa shape index (κ2) is 5.56. The summed E-state index contributed by atoms with van der Waals surface area (Å²) in [5.74, 6) is 0.196. The molecule has 4 rings (SSSR count). The van der Waals surface area contributed by atoms with Crippen LogP contribution in [0.5, 0.6) is 5.75 Å². The monoisotopic (exact) mass is 323 g/mol. The number of halogens is 1. The molecule has 114 valence electrons. The number of rotatable bonds is 2. The van der Waals surface area contributed by atoms with Gasteiger partial charge in [-0.15, -0.1) is 0 Å². The Kier molecular flexibility index (Phi) is 3.39. The van der Waals surface area contributed by atoms with Crippen LogP contribution in [-0.2, 0) is 0 Å². The molecule has 0 fully saturated rings. The number of phenols is 1. The molecule has 23 heavy (non-hydrogen) atoms. The van der Waals surface area contributed by atoms with Crippen molar-refractivity contribution in [3.63, 3.8) is 0 Å². The Morgan fingerprint density at radius 1 is 1.09 bits per heavy atom. The molecular formula is C18H14ClN3O. The second-order valence-corrected chi connectivity index (χ2v) is 5.96. The number of aromatic nitrogens is 1. The summed E-state index contributed by atoms with van der Waals surface area (Å²) in [7, 11) is 0. The number of nitrogens with zero attached hydrogens (tertiary/aromatic N) is 2. The summed E-state index contributed by atoms with van der Waals surface area (Å²) in [4.78, 5) is 4.27. The minimum atomic E-state index is 0.0629. The van der Waals surface area contributed by atoms with Gasteiger partial charge in [0, 0.05) is 23.0 Å². The number of hydrogen-bond acceptors (Lipinski definition) is 4. The van der Waals surface area contributed by atoms with E-state index in [1.54, 1.807) is 12.3 Å². The highest BCUT2D eigenvalue weighted by Crippen LogP contribution is 2.33. The highest BCUT2D eigenvalue weighted by Gasteiger charge is 2.23. The molecule has 4 nitrogen and oxygen atoms in total. The van der Waals surface area contributed by atoms with Crippen LogP contribution in [0.1, 0.15) is 23.6 Å². The molecule has 5 heteroatoms. The first kappa shape index (κ1) is 14.0. The Hall–Kier alpha value is -2.59. The fourth-order valence-corrected chi connectivity index (χ4v) is 3.05. The molecule has 0 radical (unpaired) electrons. The van der Waals surface area contributed by atoms with E-state index in [1.807, 2.05) is 42.5 Å². The Labute approximate surface area is 138 Å². The average molecular weight is 324 g/mol. The number of phenolic OH excluding ortho intramolecular Hbond substituents is 1. The molecular weight excluding hydrogens is 310 g/mol. The van der Waals surface area contributed by atoms with Crippen LogP contribution in [0, 0.1) is 0 Å². The molecule has 2 heterocycles. The lowest BCUT2D eigenvalue weighted by atomic mass is 9.96. The smallest absolute Gasteiger partial charge is 0.141 e. The number of hydrogen-bond donors (Lipinski definition) is 2. The average Bonchev–Trinajstić information content (AvgIpc) is 3.06. The van der Waals surface area contributed by atoms with Gasteiger partial charge in [0.1, 0.15) is 11.3 Å². The van der Waals surface area contributed by atoms with Crippen LogP contribution in [0.2, 0.25) is 5.02 Å². The van der Waals surface area contributed by atoms with E-state index in [-0.39, 0.29) is 11.8 Å². The Morgan fingerprint density at radius 3 is 2.74 bits per heavy atom. The molecule has 0 bridgehead atoms. The maximum atomic E-state index is 9.97. The minimum absolute atomic E-state index is 0.0629. The first-order chi connectivity index (χ1) is 11.2. The van der Waals surface area contributed by atoms with Gasteiger partial charge in [0.05, 0.1) is 11.8 Å². The van der Waals surface area contributed by atoms with Crippen molar-refractivity contribution in [2.45, 2.75) is 12.5 Å². The molecule has 1 aliphatic heterocycles. The summed E-state index contributed by atoms with van der Waals surface area (Å²) in [6.07, 6.45) is 2.46. The molecule has 0 spiro atoms. The lowest BCUT2D eigenvalue weighted by Crippen LogP contribution is -2.10. The maximum absolute atomic E-state index is 9.97. The van der Waals surface area contributed by atoms with Crippen molar-refractivity contribution >= 4 is 28.2 Å². The van der Waals surface area contributed by atoms with Crippen LogP contribution in [-0.4, -0.2) is 15.8 Å². The van der Waals surface area contributed by atoms with E-state index in [0.29, 0.717) is 10.5 Å². The van der Waals surface area contributed by atoms with E-state index < -0.39 is 0 Å². The van der Waals surface area contributed by atoms with Crippen molar-refractivity contribution in [2.75, 3.05) is 0 Å². The van der Waals surface area contributed by atoms with Gasteiger partial charge in [0.15, 0.2) is 0 Å². The van der Waals surface area contributed by atoms with Crippen molar-refractivity contribution < 1.29 is 5.11 Å². The standard InChI is InChI=1S/C18H14ClN3O/c19-12-5-3-11(4-6-12)15-10-16(22-21-15)13-7-8-17(23)18-14(13)2-1-9-20-18/h1-9,16,22-23H,10H2. The Morgan fingerprint density at radius 2 is 1.91 bits per heavy atom. The van der Waals surface area contributed by atoms with Crippen molar-refractivity contribution in [3.05, 3.63) is 70.9 Å². The van der Waals surface area contributed by atoms with Crippen molar-refractivity contribution in [3.8, 4) is 5.75 Å². The molecule has 0 saturated heterocycles. The van der Waals surface area contributed by atoms with Gasteiger partial charge < -0.3 is 10.5 Å². The first-order valence-corrected chi connectivity index (χ1v) is 7.75. The molecule has 0 aliphatic carbocycles. The third kappa shape index (κ3) is 2.51. The van der Waals surface area contributed by atoms with E-state index in [1.165, 1.54) is 0 Å². The van der Waals surface area contributed by atoms with Crippen molar-refractivity contribution in [1.29, 1.82) is 0 Å². The van der Waals surface area contributed by atoms with E-state index in [2.05, 4.69) is 15.5 Å². The van der Waals surface area contributed by atoms with Crippen LogP contribution < -0.4 is 5.43 Å². The van der Waals surface area contributed by atoms with Gasteiger partial charge in [0.25, 0.3) is 0 Å². The normalized spacial score (nSPS) is 17.1. The van der Waals surface area contributed by atoms with Gasteiger partial charge in [0.2, 0.25) is 0 Å². The van der Waals surface area contributed by atoms with Crippen LogP contribution in [0.25, 0.3) is 10.9 Å². The van der Waals surface area contributed by atoms with E-state index >= 15 is 0 Å². The van der Waals surface area contributed by atoms with E-state index in [0.717, 1.165) is 28.6 Å². The van der Waals surface area contributed by atoms with Gasteiger partial charge in [-0.3, -0.25) is 4.98 Å². The summed E-state index contributed by atoms with van der Waals surface area (Å²) < 4.78 is 0. The highest BCUT2D eigenvalue weighted by molar-refractivity contribution is 6.30. The molecule has 1 aliphatic rings. The highest BCUT2D eigenvalue weighted by atomic mass is 35.5. The molecule has 2 N–H and O–H groups in total. The van der Waals surface area contributed by atoms with E-state index in [4.69, 9.17) is 11.6 Å². The van der Waals surface area contributed by atoms with Crippen LogP contribution in [0.15, 0.2) is 59.8 Å². The van der Waals surface area contributed by atoms with Crippen LogP contribution >= 0.6 is 11.6 Å². The third-order valence-electron chi connectivity index (χ3n) is 4.09. The number of aromatic hydroxyl groups is 1. The quantitative estimate of drug-likeness (QED) is 0.748. The summed E-state index contributed by atoms with van der Waals surface area (Å²) >= 11 is 5.94. The zero-order valence-electron chi connectivity index (χ0n) is 12.2. The van der Waals surface area contributed by atoms with E-state index in [9.17, 15) is 5.11 Å². The van der Waals surface area contributed by atoms with Crippen molar-refractivity contribution in [1.82, 2.24) is 10.4 Å². The molecule has 2 aromatic carbocycles. The number of fused-ring (bicyclic) bond motifs is 1. The Balaban J connectivity index is 1.67. The minimum Gasteiger partial charge on any atom is -0.506 e. The van der Waals surface area contributed by atoms with Crippen LogP contribution in [0.4, 0.5) is 0 Å². The van der Waals surface area contributed by atoms with Gasteiger partial charge >= 0.3 is 0 Å². The first-order valence-electron chi connectivity index (χ1n) is 7.37. The number of hydrazone groups is 1. The van der Waals surface area contributed by atoms with Crippen molar-refractivity contribution in [2.24, 2.45) is 5.10 Å². The summed E-state index contributed by atoms with van der Waals surface area (Å²) in [6.45, 7) is 0. The second-order valence-electron chi connectivity index (χ2n) is 5.52. The molecule has 1 atom stereocenters. The fourth-order valence-electron chi connectivity index (χ4n) is 2.93. The lowest BCUT2D eigenvalue weighted by Gasteiger charge is -2.13. The number of nitrogens with one attached hydrogen (secondary N) is 1. The predicted octanol–water partition coefficient (Wildman–Crippen LogP) is 4.03. The summed E-state index contributed by atoms with van der Waals surface area (Å²) in [5.41, 5.74) is 6.95. The zero-order chi connectivity index (χ0) is 15.8. The topological polar surface area (TPSA) is 57.5 Å². The molecule has 0 saturated carbocycles. The maximum Gasteiger partial charge on any atom is 0.141 e. The van der Waals surface area contributed by atoms with Gasteiger partial charge in [-0.05, 0) is 35.4 Å². The fraction of sp³-hybridized carbons (Fsp3) is 0.111. The molecule has 3 aromatic rings. The molecule has 0 amide bonds. The summed E-state index contributed by atoms with van der Waals surface area (Å²) in [6, 6.07) is 15.2.